The fraction of sp³-hybridized carbons (Fsp3) is 0.857. The molecule has 0 aromatic rings. The first-order chi connectivity index (χ1) is 4.85. The maximum Gasteiger partial charge on any atom is 0.290 e. The van der Waals surface area contributed by atoms with Crippen molar-refractivity contribution in [2.45, 2.75) is 19.8 Å². The highest BCUT2D eigenvalue weighted by Crippen LogP contribution is 2.04. The van der Waals surface area contributed by atoms with Crippen LogP contribution in [0, 0.1) is 0 Å². The van der Waals surface area contributed by atoms with Gasteiger partial charge in [0, 0.05) is 0 Å². The lowest BCUT2D eigenvalue weighted by Gasteiger charge is -2.08. The predicted molar refractivity (Wildman–Crippen MR) is 40.0 cm³/mol. The smallest absolute Gasteiger partial charge is 0.290 e. The topological polar surface area (TPSA) is 40.5 Å². The molecule has 1 aliphatic rings. The Labute approximate surface area is 61.6 Å². The molecule has 0 bridgehead atoms. The van der Waals surface area contributed by atoms with Gasteiger partial charge >= 0.3 is 0 Å². The van der Waals surface area contributed by atoms with E-state index in [2.05, 4.69) is 11.8 Å². The molecule has 0 saturated carbocycles. The van der Waals surface area contributed by atoms with Gasteiger partial charge in [-0.05, 0) is 32.5 Å². The van der Waals surface area contributed by atoms with Crippen molar-refractivity contribution in [1.29, 1.82) is 0 Å². The molecule has 1 fully saturated rings. The SMILES string of the molecule is CCN1CCCC1.O=CO. The number of hydrogen-bond acceptors (Lipinski definition) is 2. The van der Waals surface area contributed by atoms with Crippen molar-refractivity contribution in [2.24, 2.45) is 0 Å². The summed E-state index contributed by atoms with van der Waals surface area (Å²) in [5.74, 6) is 0. The molecular weight excluding hydrogens is 130 g/mol. The summed E-state index contributed by atoms with van der Waals surface area (Å²) < 4.78 is 0. The highest BCUT2D eigenvalue weighted by molar-refractivity contribution is 5.32. The number of carboxylic acid groups (broad SMARTS) is 1. The van der Waals surface area contributed by atoms with Gasteiger partial charge in [-0.15, -0.1) is 0 Å². The van der Waals surface area contributed by atoms with Gasteiger partial charge in [-0.1, -0.05) is 6.92 Å². The van der Waals surface area contributed by atoms with Crippen LogP contribution >= 0.6 is 0 Å². The standard InChI is InChI=1S/C6H13N.CH2O2/c1-2-7-5-3-4-6-7;2-1-3/h2-6H2,1H3;1H,(H,2,3). The summed E-state index contributed by atoms with van der Waals surface area (Å²) in [6.07, 6.45) is 2.85. The fourth-order valence-electron chi connectivity index (χ4n) is 1.10. The number of likely N-dealkylation sites (tertiary alicyclic amines) is 1. The van der Waals surface area contributed by atoms with Crippen LogP contribution in [0.15, 0.2) is 0 Å². The van der Waals surface area contributed by atoms with Crippen molar-refractivity contribution in [3.8, 4) is 0 Å². The van der Waals surface area contributed by atoms with Crippen LogP contribution in [-0.4, -0.2) is 36.1 Å². The van der Waals surface area contributed by atoms with Gasteiger partial charge in [0.15, 0.2) is 0 Å². The van der Waals surface area contributed by atoms with Crippen LogP contribution < -0.4 is 0 Å². The molecule has 0 atom stereocenters. The van der Waals surface area contributed by atoms with Crippen molar-refractivity contribution >= 4 is 6.47 Å². The Balaban J connectivity index is 0.000000236. The summed E-state index contributed by atoms with van der Waals surface area (Å²) >= 11 is 0. The van der Waals surface area contributed by atoms with Crippen molar-refractivity contribution in [3.63, 3.8) is 0 Å². The summed E-state index contributed by atoms with van der Waals surface area (Å²) in [4.78, 5) is 10.8. The normalized spacial score (nSPS) is 17.7. The van der Waals surface area contributed by atoms with Gasteiger partial charge in [0.25, 0.3) is 6.47 Å². The Morgan fingerprint density at radius 1 is 1.50 bits per heavy atom. The second kappa shape index (κ2) is 6.55. The number of nitrogens with zero attached hydrogens (tertiary/aromatic N) is 1. The Kier molecular flexibility index (Phi) is 6.18. The number of hydrogen-bond donors (Lipinski definition) is 1. The van der Waals surface area contributed by atoms with E-state index in [0.717, 1.165) is 0 Å². The van der Waals surface area contributed by atoms with E-state index in [4.69, 9.17) is 9.90 Å². The van der Waals surface area contributed by atoms with E-state index in [1.165, 1.54) is 32.5 Å². The summed E-state index contributed by atoms with van der Waals surface area (Å²) in [5, 5.41) is 6.89. The Hall–Kier alpha value is -0.570. The highest BCUT2D eigenvalue weighted by Gasteiger charge is 2.06. The largest absolute Gasteiger partial charge is 0.483 e. The van der Waals surface area contributed by atoms with Crippen molar-refractivity contribution in [2.75, 3.05) is 19.6 Å². The first kappa shape index (κ1) is 9.43. The predicted octanol–water partition coefficient (Wildman–Crippen LogP) is 0.803. The Bertz CT molecular complexity index is 79.7. The molecule has 60 valence electrons. The van der Waals surface area contributed by atoms with E-state index < -0.39 is 0 Å². The molecule has 3 nitrogen and oxygen atoms in total. The molecule has 1 saturated heterocycles. The lowest BCUT2D eigenvalue weighted by molar-refractivity contribution is -0.122. The molecular formula is C7H15NO2. The van der Waals surface area contributed by atoms with Gasteiger partial charge in [-0.25, -0.2) is 0 Å². The summed E-state index contributed by atoms with van der Waals surface area (Å²) in [6, 6.07) is 0. The van der Waals surface area contributed by atoms with Crippen LogP contribution in [0.2, 0.25) is 0 Å². The molecule has 0 aliphatic carbocycles. The molecule has 0 unspecified atom stereocenters. The third-order valence-electron chi connectivity index (χ3n) is 1.65. The fourth-order valence-corrected chi connectivity index (χ4v) is 1.10. The highest BCUT2D eigenvalue weighted by atomic mass is 16.3. The van der Waals surface area contributed by atoms with Crippen molar-refractivity contribution < 1.29 is 9.90 Å². The van der Waals surface area contributed by atoms with Crippen molar-refractivity contribution in [3.05, 3.63) is 0 Å². The molecule has 0 radical (unpaired) electrons. The molecule has 0 amide bonds. The minimum atomic E-state index is -0.250. The van der Waals surface area contributed by atoms with Gasteiger partial charge < -0.3 is 10.0 Å². The first-order valence-corrected chi connectivity index (χ1v) is 3.65. The third kappa shape index (κ3) is 4.32. The zero-order valence-corrected chi connectivity index (χ0v) is 6.42. The van der Waals surface area contributed by atoms with Gasteiger partial charge in [-0.3, -0.25) is 4.79 Å². The molecule has 1 rings (SSSR count). The maximum atomic E-state index is 8.36. The van der Waals surface area contributed by atoms with Gasteiger partial charge in [0.05, 0.1) is 0 Å². The lowest BCUT2D eigenvalue weighted by atomic mass is 10.4. The van der Waals surface area contributed by atoms with Crippen LogP contribution in [0.25, 0.3) is 0 Å². The van der Waals surface area contributed by atoms with Gasteiger partial charge in [-0.2, -0.15) is 0 Å². The number of rotatable bonds is 1. The van der Waals surface area contributed by atoms with Gasteiger partial charge in [0.2, 0.25) is 0 Å². The maximum absolute atomic E-state index is 8.36. The minimum Gasteiger partial charge on any atom is -0.483 e. The van der Waals surface area contributed by atoms with Crippen LogP contribution in [0.3, 0.4) is 0 Å². The summed E-state index contributed by atoms with van der Waals surface area (Å²) in [5.41, 5.74) is 0. The molecule has 1 aliphatic heterocycles. The molecule has 3 heteroatoms. The zero-order chi connectivity index (χ0) is 7.82. The molecule has 1 N–H and O–H groups in total. The van der Waals surface area contributed by atoms with E-state index in [-0.39, 0.29) is 6.47 Å². The van der Waals surface area contributed by atoms with E-state index in [0.29, 0.717) is 0 Å². The monoisotopic (exact) mass is 145 g/mol. The summed E-state index contributed by atoms with van der Waals surface area (Å²) in [7, 11) is 0. The zero-order valence-electron chi connectivity index (χ0n) is 6.42. The Morgan fingerprint density at radius 2 is 1.90 bits per heavy atom. The minimum absolute atomic E-state index is 0.250. The quantitative estimate of drug-likeness (QED) is 0.555. The van der Waals surface area contributed by atoms with Crippen LogP contribution in [0.4, 0.5) is 0 Å². The molecule has 0 aromatic heterocycles. The third-order valence-corrected chi connectivity index (χ3v) is 1.65. The van der Waals surface area contributed by atoms with Gasteiger partial charge in [0.1, 0.15) is 0 Å². The molecule has 0 aromatic carbocycles. The molecule has 10 heavy (non-hydrogen) atoms. The van der Waals surface area contributed by atoms with E-state index in [1.807, 2.05) is 0 Å². The number of carbonyl (C=O) groups is 1. The second-order valence-electron chi connectivity index (χ2n) is 2.25. The van der Waals surface area contributed by atoms with Crippen molar-refractivity contribution in [1.82, 2.24) is 4.90 Å². The van der Waals surface area contributed by atoms with E-state index in [9.17, 15) is 0 Å². The van der Waals surface area contributed by atoms with E-state index in [1.54, 1.807) is 0 Å². The lowest BCUT2D eigenvalue weighted by Crippen LogP contribution is -2.17. The molecule has 0 spiro atoms. The Morgan fingerprint density at radius 3 is 2.10 bits per heavy atom. The summed E-state index contributed by atoms with van der Waals surface area (Å²) in [6.45, 7) is 5.92. The average Bonchev–Trinajstić information content (AvgIpc) is 2.39. The first-order valence-electron chi connectivity index (χ1n) is 3.65. The second-order valence-corrected chi connectivity index (χ2v) is 2.25. The average molecular weight is 145 g/mol. The van der Waals surface area contributed by atoms with E-state index >= 15 is 0 Å². The molecule has 1 heterocycles. The van der Waals surface area contributed by atoms with Crippen LogP contribution in [0.5, 0.6) is 0 Å². The van der Waals surface area contributed by atoms with Crippen LogP contribution in [-0.2, 0) is 4.79 Å². The van der Waals surface area contributed by atoms with Crippen LogP contribution in [0.1, 0.15) is 19.8 Å².